The minimum Gasteiger partial charge on any atom is -0.396 e. The van der Waals surface area contributed by atoms with Gasteiger partial charge in [-0.15, -0.1) is 5.10 Å². The lowest BCUT2D eigenvalue weighted by atomic mass is 9.67. The number of nitrogens with one attached hydrogen (secondary N) is 1. The van der Waals surface area contributed by atoms with E-state index in [4.69, 9.17) is 5.11 Å². The molecule has 0 aliphatic heterocycles. The van der Waals surface area contributed by atoms with Gasteiger partial charge < -0.3 is 10.4 Å². The molecule has 0 radical (unpaired) electrons. The van der Waals surface area contributed by atoms with Crippen LogP contribution in [0.2, 0.25) is 0 Å². The maximum Gasteiger partial charge on any atom is 0.251 e. The fourth-order valence-corrected chi connectivity index (χ4v) is 2.93. The van der Waals surface area contributed by atoms with Crippen molar-refractivity contribution in [2.45, 2.75) is 25.7 Å². The molecule has 22 heavy (non-hydrogen) atoms. The van der Waals surface area contributed by atoms with Gasteiger partial charge in [-0.25, -0.2) is 4.68 Å². The molecule has 0 unspecified atom stereocenters. The molecular formula is C16H20N4O2. The molecule has 1 aliphatic rings. The van der Waals surface area contributed by atoms with Crippen LogP contribution in [0.3, 0.4) is 0 Å². The Morgan fingerprint density at radius 3 is 2.91 bits per heavy atom. The summed E-state index contributed by atoms with van der Waals surface area (Å²) in [6, 6.07) is 7.29. The summed E-state index contributed by atoms with van der Waals surface area (Å²) in [5.74, 6) is -0.0915. The van der Waals surface area contributed by atoms with Crippen LogP contribution in [-0.2, 0) is 0 Å². The van der Waals surface area contributed by atoms with Crippen LogP contribution in [0.1, 0.15) is 36.0 Å². The molecule has 1 fully saturated rings. The van der Waals surface area contributed by atoms with Crippen molar-refractivity contribution >= 4 is 5.91 Å². The molecule has 0 atom stereocenters. The van der Waals surface area contributed by atoms with Crippen molar-refractivity contribution in [3.63, 3.8) is 0 Å². The monoisotopic (exact) mass is 300 g/mol. The van der Waals surface area contributed by atoms with Crippen molar-refractivity contribution in [2.24, 2.45) is 5.41 Å². The summed E-state index contributed by atoms with van der Waals surface area (Å²) in [5.41, 5.74) is 1.50. The average Bonchev–Trinajstić information content (AvgIpc) is 3.04. The normalized spacial score (nSPS) is 16.0. The molecule has 1 saturated carbocycles. The highest BCUT2D eigenvalue weighted by Gasteiger charge is 2.36. The summed E-state index contributed by atoms with van der Waals surface area (Å²) < 4.78 is 1.62. The minimum absolute atomic E-state index is 0.0912. The SMILES string of the molecule is O=C(NCC1(CCO)CCC1)c1cccc(-n2ccnn2)c1. The first-order chi connectivity index (χ1) is 10.7. The highest BCUT2D eigenvalue weighted by Crippen LogP contribution is 2.43. The van der Waals surface area contributed by atoms with E-state index in [2.05, 4.69) is 15.6 Å². The van der Waals surface area contributed by atoms with Crippen molar-refractivity contribution < 1.29 is 9.90 Å². The summed E-state index contributed by atoms with van der Waals surface area (Å²) in [6.45, 7) is 0.803. The predicted octanol–water partition coefficient (Wildman–Crippen LogP) is 1.55. The van der Waals surface area contributed by atoms with Crippen LogP contribution in [0.15, 0.2) is 36.7 Å². The van der Waals surface area contributed by atoms with Crippen LogP contribution >= 0.6 is 0 Å². The molecule has 6 heteroatoms. The van der Waals surface area contributed by atoms with Gasteiger partial charge in [0.1, 0.15) is 0 Å². The highest BCUT2D eigenvalue weighted by molar-refractivity contribution is 5.94. The number of aliphatic hydroxyl groups excluding tert-OH is 1. The van der Waals surface area contributed by atoms with E-state index >= 15 is 0 Å². The molecule has 1 heterocycles. The number of aliphatic hydroxyl groups is 1. The largest absolute Gasteiger partial charge is 0.396 e. The molecule has 1 amide bonds. The van der Waals surface area contributed by atoms with E-state index < -0.39 is 0 Å². The second-order valence-corrected chi connectivity index (χ2v) is 5.91. The number of amides is 1. The Bertz CT molecular complexity index is 635. The maximum atomic E-state index is 12.3. The van der Waals surface area contributed by atoms with Gasteiger partial charge in [0.05, 0.1) is 18.1 Å². The lowest BCUT2D eigenvalue weighted by molar-refractivity contribution is 0.0732. The number of rotatable bonds is 6. The van der Waals surface area contributed by atoms with Crippen LogP contribution in [0.25, 0.3) is 5.69 Å². The third kappa shape index (κ3) is 3.01. The van der Waals surface area contributed by atoms with E-state index in [1.807, 2.05) is 12.1 Å². The molecule has 0 bridgehead atoms. The second kappa shape index (κ2) is 6.27. The number of hydrogen-bond donors (Lipinski definition) is 2. The molecule has 0 spiro atoms. The first kappa shape index (κ1) is 14.7. The van der Waals surface area contributed by atoms with E-state index in [0.29, 0.717) is 12.1 Å². The predicted molar refractivity (Wildman–Crippen MR) is 81.7 cm³/mol. The third-order valence-corrected chi connectivity index (χ3v) is 4.48. The zero-order valence-corrected chi connectivity index (χ0v) is 12.4. The van der Waals surface area contributed by atoms with Gasteiger partial charge in [0.25, 0.3) is 5.91 Å². The Balaban J connectivity index is 1.66. The van der Waals surface area contributed by atoms with Crippen LogP contribution in [0.5, 0.6) is 0 Å². The number of benzene rings is 1. The van der Waals surface area contributed by atoms with Gasteiger partial charge >= 0.3 is 0 Å². The van der Waals surface area contributed by atoms with Gasteiger partial charge in [-0.05, 0) is 42.9 Å². The van der Waals surface area contributed by atoms with Gasteiger partial charge in [-0.1, -0.05) is 17.7 Å². The summed E-state index contributed by atoms with van der Waals surface area (Å²) in [4.78, 5) is 12.3. The number of hydrogen-bond acceptors (Lipinski definition) is 4. The van der Waals surface area contributed by atoms with Crippen LogP contribution in [0.4, 0.5) is 0 Å². The lowest BCUT2D eigenvalue weighted by Gasteiger charge is -2.41. The molecular weight excluding hydrogens is 280 g/mol. The first-order valence-electron chi connectivity index (χ1n) is 7.58. The van der Waals surface area contributed by atoms with Crippen LogP contribution < -0.4 is 5.32 Å². The van der Waals surface area contributed by atoms with Gasteiger partial charge in [-0.3, -0.25) is 4.79 Å². The molecule has 116 valence electrons. The van der Waals surface area contributed by atoms with Crippen molar-refractivity contribution in [3.05, 3.63) is 42.2 Å². The number of aromatic nitrogens is 3. The topological polar surface area (TPSA) is 80.0 Å². The molecule has 1 aromatic carbocycles. The smallest absolute Gasteiger partial charge is 0.251 e. The van der Waals surface area contributed by atoms with Crippen molar-refractivity contribution in [2.75, 3.05) is 13.2 Å². The number of carbonyl (C=O) groups is 1. The molecule has 1 aliphatic carbocycles. The third-order valence-electron chi connectivity index (χ3n) is 4.48. The summed E-state index contributed by atoms with van der Waals surface area (Å²) in [5, 5.41) is 19.9. The standard InChI is InChI=1S/C16H20N4O2/c21-10-7-16(5-2-6-16)12-17-15(22)13-3-1-4-14(11-13)20-9-8-18-19-20/h1,3-4,8-9,11,21H,2,5-7,10,12H2,(H,17,22). The van der Waals surface area contributed by atoms with Gasteiger partial charge in [0.15, 0.2) is 0 Å². The van der Waals surface area contributed by atoms with Gasteiger partial charge in [-0.2, -0.15) is 0 Å². The highest BCUT2D eigenvalue weighted by atomic mass is 16.3. The Morgan fingerprint density at radius 2 is 2.27 bits per heavy atom. The van der Waals surface area contributed by atoms with Crippen LogP contribution in [0, 0.1) is 5.41 Å². The second-order valence-electron chi connectivity index (χ2n) is 5.91. The van der Waals surface area contributed by atoms with E-state index in [1.165, 1.54) is 6.42 Å². The fourth-order valence-electron chi connectivity index (χ4n) is 2.93. The van der Waals surface area contributed by atoms with Crippen molar-refractivity contribution in [1.82, 2.24) is 20.3 Å². The molecule has 2 aromatic rings. The maximum absolute atomic E-state index is 12.3. The average molecular weight is 300 g/mol. The molecule has 6 nitrogen and oxygen atoms in total. The van der Waals surface area contributed by atoms with E-state index in [1.54, 1.807) is 29.2 Å². The Morgan fingerprint density at radius 1 is 1.41 bits per heavy atom. The Kier molecular flexibility index (Phi) is 4.20. The first-order valence-corrected chi connectivity index (χ1v) is 7.58. The van der Waals surface area contributed by atoms with Crippen molar-refractivity contribution in [1.29, 1.82) is 0 Å². The van der Waals surface area contributed by atoms with Gasteiger partial charge in [0.2, 0.25) is 0 Å². The summed E-state index contributed by atoms with van der Waals surface area (Å²) in [6.07, 6.45) is 7.42. The van der Waals surface area contributed by atoms with Gasteiger partial charge in [0, 0.05) is 18.7 Å². The molecule has 2 N–H and O–H groups in total. The van der Waals surface area contributed by atoms with Crippen molar-refractivity contribution in [3.8, 4) is 5.69 Å². The Labute approximate surface area is 129 Å². The molecule has 0 saturated heterocycles. The molecule has 1 aromatic heterocycles. The minimum atomic E-state index is -0.0915. The number of carbonyl (C=O) groups excluding carboxylic acids is 1. The van der Waals surface area contributed by atoms with E-state index in [-0.39, 0.29) is 17.9 Å². The molecule has 3 rings (SSSR count). The quantitative estimate of drug-likeness (QED) is 0.848. The summed E-state index contributed by atoms with van der Waals surface area (Å²) in [7, 11) is 0. The zero-order chi connectivity index (χ0) is 15.4. The van der Waals surface area contributed by atoms with E-state index in [0.717, 1.165) is 24.9 Å². The summed E-state index contributed by atoms with van der Waals surface area (Å²) >= 11 is 0. The number of nitrogens with zero attached hydrogens (tertiary/aromatic N) is 3. The van der Waals surface area contributed by atoms with E-state index in [9.17, 15) is 4.79 Å². The Hall–Kier alpha value is -2.21. The van der Waals surface area contributed by atoms with Crippen LogP contribution in [-0.4, -0.2) is 39.2 Å². The lowest BCUT2D eigenvalue weighted by Crippen LogP contribution is -2.42. The zero-order valence-electron chi connectivity index (χ0n) is 12.4. The fraction of sp³-hybridized carbons (Fsp3) is 0.438.